The highest BCUT2D eigenvalue weighted by Crippen LogP contribution is 2.57. The second-order valence-electron chi connectivity index (χ2n) is 11.4. The second kappa shape index (κ2) is 18.4. The van der Waals surface area contributed by atoms with E-state index in [9.17, 15) is 14.4 Å². The third-order valence-corrected chi connectivity index (χ3v) is 8.86. The van der Waals surface area contributed by atoms with E-state index in [-0.39, 0.29) is 28.6 Å². The summed E-state index contributed by atoms with van der Waals surface area (Å²) < 4.78 is 0. The minimum absolute atomic E-state index is 0.00303. The molecule has 44 heavy (non-hydrogen) atoms. The molecule has 2 bridgehead atoms. The van der Waals surface area contributed by atoms with Gasteiger partial charge in [-0.05, 0) is 86.8 Å². The van der Waals surface area contributed by atoms with Gasteiger partial charge < -0.3 is 34.8 Å². The van der Waals surface area contributed by atoms with Gasteiger partial charge in [0.2, 0.25) is 17.7 Å². The van der Waals surface area contributed by atoms with Crippen LogP contribution in [0, 0.1) is 10.8 Å². The Morgan fingerprint density at radius 2 is 0.932 bits per heavy atom. The Morgan fingerprint density at radius 3 is 1.23 bits per heavy atom. The van der Waals surface area contributed by atoms with Gasteiger partial charge in [-0.15, -0.1) is 0 Å². The smallest absolute Gasteiger partial charge is 0.226 e. The summed E-state index contributed by atoms with van der Waals surface area (Å²) in [4.78, 5) is 65.6. The Kier molecular flexibility index (Phi) is 15.7. The van der Waals surface area contributed by atoms with Crippen molar-refractivity contribution in [1.82, 2.24) is 10.6 Å². The summed E-state index contributed by atoms with van der Waals surface area (Å²) in [6.45, 7) is 8.77. The number of carbonyl (C=O) groups is 6. The number of hydrogen-bond acceptors (Lipinski definition) is 7. The first kappa shape index (κ1) is 37.7. The summed E-state index contributed by atoms with van der Waals surface area (Å²) >= 11 is 0. The van der Waals surface area contributed by atoms with Crippen LogP contribution in [0.15, 0.2) is 48.5 Å². The SMILES string of the molecule is C=O.C=O.C=O.CC(=O)N(C)c1ccc(CCNC(=O)C23CCC(C(=O)NCCc4ccc(N(C)C)cc4)(CC2)CC3)cc1. The minimum Gasteiger partial charge on any atom is -0.378 e. The van der Waals surface area contributed by atoms with E-state index < -0.39 is 0 Å². The van der Waals surface area contributed by atoms with Crippen molar-refractivity contribution in [2.45, 2.75) is 58.3 Å². The van der Waals surface area contributed by atoms with Gasteiger partial charge >= 0.3 is 0 Å². The van der Waals surface area contributed by atoms with Gasteiger partial charge in [-0.3, -0.25) is 14.4 Å². The first-order valence-electron chi connectivity index (χ1n) is 14.7. The van der Waals surface area contributed by atoms with Crippen LogP contribution < -0.4 is 20.4 Å². The van der Waals surface area contributed by atoms with Crippen molar-refractivity contribution < 1.29 is 28.8 Å². The molecule has 0 atom stereocenters. The lowest BCUT2D eigenvalue weighted by atomic mass is 9.53. The van der Waals surface area contributed by atoms with Crippen molar-refractivity contribution in [2.24, 2.45) is 10.8 Å². The average molecular weight is 609 g/mol. The summed E-state index contributed by atoms with van der Waals surface area (Å²) in [6.07, 6.45) is 6.27. The predicted molar refractivity (Wildman–Crippen MR) is 174 cm³/mol. The van der Waals surface area contributed by atoms with Crippen LogP contribution in [0.2, 0.25) is 0 Å². The molecular formula is C34H48N4O6. The molecule has 0 aliphatic heterocycles. The van der Waals surface area contributed by atoms with Gasteiger partial charge in [0.1, 0.15) is 20.4 Å². The number of nitrogens with one attached hydrogen (secondary N) is 2. The summed E-state index contributed by atoms with van der Waals surface area (Å²) in [6, 6.07) is 16.3. The minimum atomic E-state index is -0.329. The van der Waals surface area contributed by atoms with Crippen LogP contribution >= 0.6 is 0 Å². The van der Waals surface area contributed by atoms with Crippen LogP contribution in [0.3, 0.4) is 0 Å². The molecule has 3 aliphatic rings. The lowest BCUT2D eigenvalue weighted by Crippen LogP contribution is -2.55. The maximum atomic E-state index is 13.2. The van der Waals surface area contributed by atoms with Crippen LogP contribution in [0.25, 0.3) is 0 Å². The number of fused-ring (bicyclic) bond motifs is 3. The van der Waals surface area contributed by atoms with Crippen molar-refractivity contribution in [3.63, 3.8) is 0 Å². The van der Waals surface area contributed by atoms with Crippen LogP contribution in [-0.4, -0.2) is 72.3 Å². The van der Waals surface area contributed by atoms with Gasteiger partial charge in [0.15, 0.2) is 0 Å². The molecule has 5 rings (SSSR count). The summed E-state index contributed by atoms with van der Waals surface area (Å²) in [5.74, 6) is 0.298. The highest BCUT2D eigenvalue weighted by Gasteiger charge is 2.55. The lowest BCUT2D eigenvalue weighted by molar-refractivity contribution is -0.150. The quantitative estimate of drug-likeness (QED) is 0.422. The molecule has 3 fully saturated rings. The fourth-order valence-electron chi connectivity index (χ4n) is 5.91. The largest absolute Gasteiger partial charge is 0.378 e. The van der Waals surface area contributed by atoms with Gasteiger partial charge in [0.25, 0.3) is 0 Å². The van der Waals surface area contributed by atoms with Crippen LogP contribution in [-0.2, 0) is 41.6 Å². The molecule has 10 nitrogen and oxygen atoms in total. The molecule has 10 heteroatoms. The van der Waals surface area contributed by atoms with E-state index in [1.54, 1.807) is 18.9 Å². The molecule has 0 unspecified atom stereocenters. The lowest BCUT2D eigenvalue weighted by Gasteiger charge is -2.51. The fourth-order valence-corrected chi connectivity index (χ4v) is 5.91. The van der Waals surface area contributed by atoms with Crippen LogP contribution in [0.1, 0.15) is 56.6 Å². The zero-order chi connectivity index (χ0) is 33.3. The monoisotopic (exact) mass is 608 g/mol. The molecule has 0 aromatic heterocycles. The number of rotatable bonds is 10. The topological polar surface area (TPSA) is 133 Å². The average Bonchev–Trinajstić information content (AvgIpc) is 3.08. The summed E-state index contributed by atoms with van der Waals surface area (Å²) in [5, 5.41) is 6.37. The molecular weight excluding hydrogens is 560 g/mol. The molecule has 3 aliphatic carbocycles. The highest BCUT2D eigenvalue weighted by molar-refractivity contribution is 5.90. The molecule has 3 amide bonds. The Hall–Kier alpha value is -4.34. The first-order valence-corrected chi connectivity index (χ1v) is 14.7. The molecule has 2 N–H and O–H groups in total. The van der Waals surface area contributed by atoms with Crippen molar-refractivity contribution in [3.05, 3.63) is 59.7 Å². The number of benzene rings is 2. The first-order chi connectivity index (χ1) is 21.1. The van der Waals surface area contributed by atoms with Gasteiger partial charge in [-0.1, -0.05) is 24.3 Å². The van der Waals surface area contributed by atoms with Gasteiger partial charge in [0, 0.05) is 63.4 Å². The molecule has 240 valence electrons. The maximum absolute atomic E-state index is 13.2. The number of carbonyl (C=O) groups excluding carboxylic acids is 6. The molecule has 2 aromatic carbocycles. The van der Waals surface area contributed by atoms with Crippen LogP contribution in [0.5, 0.6) is 0 Å². The Balaban J connectivity index is 0.00000152. The second-order valence-corrected chi connectivity index (χ2v) is 11.4. The van der Waals surface area contributed by atoms with Crippen LogP contribution in [0.4, 0.5) is 11.4 Å². The van der Waals surface area contributed by atoms with E-state index in [0.717, 1.165) is 62.6 Å². The molecule has 0 saturated heterocycles. The van der Waals surface area contributed by atoms with Crippen molar-refractivity contribution in [3.8, 4) is 0 Å². The van der Waals surface area contributed by atoms with E-state index in [0.29, 0.717) is 13.1 Å². The van der Waals surface area contributed by atoms with Gasteiger partial charge in [-0.25, -0.2) is 0 Å². The molecule has 0 spiro atoms. The van der Waals surface area contributed by atoms with E-state index in [2.05, 4.69) is 39.8 Å². The molecule has 0 radical (unpaired) electrons. The number of nitrogens with zero attached hydrogens (tertiary/aromatic N) is 2. The van der Waals surface area contributed by atoms with Crippen molar-refractivity contribution >= 4 is 49.5 Å². The fraction of sp³-hybridized carbons (Fsp3) is 0.471. The third-order valence-electron chi connectivity index (χ3n) is 8.86. The van der Waals surface area contributed by atoms with E-state index in [1.807, 2.05) is 58.7 Å². The summed E-state index contributed by atoms with van der Waals surface area (Å²) in [5.41, 5.74) is 3.73. The zero-order valence-electron chi connectivity index (χ0n) is 26.7. The molecule has 2 aromatic rings. The standard InChI is InChI=1S/C31H42N4O3.3CH2O/c1-23(36)35(4)27-11-7-25(8-12-27)14-22-33-29(38)31-18-15-30(16-19-31,17-20-31)28(37)32-21-13-24-5-9-26(10-6-24)34(2)3;3*1-2/h5-12H,13-22H2,1-4H3,(H,32,37)(H,33,38);3*1H2. The Bertz CT molecular complexity index is 1170. The maximum Gasteiger partial charge on any atom is 0.226 e. The van der Waals surface area contributed by atoms with E-state index in [1.165, 1.54) is 11.3 Å². The molecule has 0 heterocycles. The predicted octanol–water partition coefficient (Wildman–Crippen LogP) is 3.54. The summed E-state index contributed by atoms with van der Waals surface area (Å²) in [7, 11) is 5.81. The Labute approximate surface area is 261 Å². The van der Waals surface area contributed by atoms with Crippen molar-refractivity contribution in [1.29, 1.82) is 0 Å². The van der Waals surface area contributed by atoms with Crippen molar-refractivity contribution in [2.75, 3.05) is 44.0 Å². The van der Waals surface area contributed by atoms with Gasteiger partial charge in [0.05, 0.1) is 0 Å². The van der Waals surface area contributed by atoms with Gasteiger partial charge in [-0.2, -0.15) is 0 Å². The third kappa shape index (κ3) is 9.59. The Morgan fingerprint density at radius 1 is 0.614 bits per heavy atom. The van der Waals surface area contributed by atoms with E-state index in [4.69, 9.17) is 14.4 Å². The highest BCUT2D eigenvalue weighted by atomic mass is 16.2. The number of hydrogen-bond donors (Lipinski definition) is 2. The number of anilines is 2. The number of amides is 3. The zero-order valence-corrected chi connectivity index (χ0v) is 26.7. The normalized spacial score (nSPS) is 19.3. The molecule has 3 saturated carbocycles. The van der Waals surface area contributed by atoms with E-state index >= 15 is 0 Å².